The minimum atomic E-state index is -0.546. The summed E-state index contributed by atoms with van der Waals surface area (Å²) in [7, 11) is 0. The fraction of sp³-hybridized carbons (Fsp3) is 0. The van der Waals surface area contributed by atoms with Gasteiger partial charge in [0.2, 0.25) is 0 Å². The van der Waals surface area contributed by atoms with E-state index in [1.54, 1.807) is 3.97 Å². The number of benzene rings is 1. The fourth-order valence-corrected chi connectivity index (χ4v) is 2.66. The second-order valence-corrected chi connectivity index (χ2v) is 5.68. The zero-order valence-corrected chi connectivity index (χ0v) is 11.8. The van der Waals surface area contributed by atoms with Gasteiger partial charge in [-0.05, 0) is 36.2 Å². The number of H-pyrrole nitrogens is 2. The highest BCUT2D eigenvalue weighted by atomic mass is 79.9. The van der Waals surface area contributed by atoms with Crippen LogP contribution < -0.4 is 11.2 Å². The first-order valence-electron chi connectivity index (χ1n) is 5.27. The van der Waals surface area contributed by atoms with E-state index in [2.05, 4.69) is 30.9 Å². The van der Waals surface area contributed by atoms with Crippen LogP contribution in [-0.2, 0) is 0 Å². The van der Waals surface area contributed by atoms with Gasteiger partial charge in [0.25, 0.3) is 5.56 Å². The molecule has 3 rings (SSSR count). The molecule has 0 atom stereocenters. The molecule has 0 spiro atoms. The first-order chi connectivity index (χ1) is 9.13. The van der Waals surface area contributed by atoms with Crippen LogP contribution in [0.4, 0.5) is 0 Å². The Morgan fingerprint density at radius 2 is 1.89 bits per heavy atom. The maximum absolute atomic E-state index is 11.5. The average Bonchev–Trinajstić information content (AvgIpc) is 2.76. The van der Waals surface area contributed by atoms with E-state index in [1.807, 2.05) is 24.3 Å². The normalized spacial score (nSPS) is 11.0. The van der Waals surface area contributed by atoms with Crippen molar-refractivity contribution in [1.29, 1.82) is 0 Å². The lowest BCUT2D eigenvalue weighted by molar-refractivity contribution is 1.06. The number of fused-ring (bicyclic) bond motifs is 1. The number of hydrogen-bond donors (Lipinski definition) is 2. The van der Waals surface area contributed by atoms with Gasteiger partial charge in [-0.25, -0.2) is 9.78 Å². The van der Waals surface area contributed by atoms with Gasteiger partial charge in [0.1, 0.15) is 6.33 Å². The Bertz CT molecular complexity index is 849. The first-order valence-corrected chi connectivity index (χ1v) is 6.84. The minimum Gasteiger partial charge on any atom is -0.291 e. The molecule has 0 saturated heterocycles. The zero-order chi connectivity index (χ0) is 13.4. The molecule has 0 fully saturated rings. The molecule has 96 valence electrons. The minimum absolute atomic E-state index is 0.212. The molecule has 19 heavy (non-hydrogen) atoms. The Morgan fingerprint density at radius 3 is 2.63 bits per heavy atom. The second-order valence-electron chi connectivity index (χ2n) is 3.72. The van der Waals surface area contributed by atoms with Gasteiger partial charge in [-0.3, -0.25) is 18.7 Å². The number of nitrogens with one attached hydrogen (secondary N) is 2. The third-order valence-electron chi connectivity index (χ3n) is 2.43. The average molecular weight is 339 g/mol. The van der Waals surface area contributed by atoms with E-state index in [4.69, 9.17) is 0 Å². The maximum Gasteiger partial charge on any atom is 0.327 e. The lowest BCUT2D eigenvalue weighted by Crippen LogP contribution is -2.22. The van der Waals surface area contributed by atoms with Gasteiger partial charge in [-0.2, -0.15) is 0 Å². The van der Waals surface area contributed by atoms with E-state index in [-0.39, 0.29) is 5.52 Å². The van der Waals surface area contributed by atoms with Crippen molar-refractivity contribution in [1.82, 2.24) is 18.9 Å². The van der Waals surface area contributed by atoms with Crippen molar-refractivity contribution in [3.05, 3.63) is 55.9 Å². The summed E-state index contributed by atoms with van der Waals surface area (Å²) in [6, 6.07) is 7.67. The molecule has 8 heteroatoms. The predicted octanol–water partition coefficient (Wildman–Crippen LogP) is 1.73. The summed E-state index contributed by atoms with van der Waals surface area (Å²) in [5.74, 6) is 0. The number of halogens is 1. The van der Waals surface area contributed by atoms with Crippen LogP contribution in [0.1, 0.15) is 0 Å². The summed E-state index contributed by atoms with van der Waals surface area (Å²) in [5, 5.41) is 0. The Morgan fingerprint density at radius 1 is 1.16 bits per heavy atom. The van der Waals surface area contributed by atoms with Crippen molar-refractivity contribution in [2.24, 2.45) is 0 Å². The molecule has 0 bridgehead atoms. The summed E-state index contributed by atoms with van der Waals surface area (Å²) in [6.07, 6.45) is 1.50. The molecule has 2 aromatic heterocycles. The molecule has 2 N–H and O–H groups in total. The standard InChI is InChI=1S/C11H7BrN4O2S/c12-6-1-3-7(4-2-6)19-16-5-13-8-9(16)14-11(18)15-10(8)17/h1-5H,(H2,14,15,17,18). The summed E-state index contributed by atoms with van der Waals surface area (Å²) in [6.45, 7) is 0. The van der Waals surface area contributed by atoms with Gasteiger partial charge in [0.15, 0.2) is 11.2 Å². The van der Waals surface area contributed by atoms with Crippen molar-refractivity contribution < 1.29 is 0 Å². The molecular weight excluding hydrogens is 332 g/mol. The lowest BCUT2D eigenvalue weighted by Gasteiger charge is -2.02. The number of nitrogens with zero attached hydrogens (tertiary/aromatic N) is 2. The third kappa shape index (κ3) is 2.36. The van der Waals surface area contributed by atoms with Gasteiger partial charge in [-0.1, -0.05) is 15.9 Å². The third-order valence-corrected chi connectivity index (χ3v) is 3.91. The fourth-order valence-electron chi connectivity index (χ4n) is 1.59. The molecule has 2 heterocycles. The predicted molar refractivity (Wildman–Crippen MR) is 76.4 cm³/mol. The number of imidazole rings is 1. The van der Waals surface area contributed by atoms with Crippen LogP contribution in [0.25, 0.3) is 11.2 Å². The quantitative estimate of drug-likeness (QED) is 0.745. The van der Waals surface area contributed by atoms with Gasteiger partial charge in [-0.15, -0.1) is 0 Å². The highest BCUT2D eigenvalue weighted by Gasteiger charge is 2.08. The van der Waals surface area contributed by atoms with Gasteiger partial charge in [0, 0.05) is 9.37 Å². The topological polar surface area (TPSA) is 83.5 Å². The molecule has 0 aliphatic rings. The van der Waals surface area contributed by atoms with Crippen LogP contribution in [0.2, 0.25) is 0 Å². The van der Waals surface area contributed by atoms with E-state index in [9.17, 15) is 9.59 Å². The molecule has 0 aliphatic heterocycles. The van der Waals surface area contributed by atoms with E-state index < -0.39 is 11.2 Å². The van der Waals surface area contributed by atoms with E-state index in [1.165, 1.54) is 18.3 Å². The van der Waals surface area contributed by atoms with Crippen LogP contribution >= 0.6 is 27.9 Å². The van der Waals surface area contributed by atoms with Crippen LogP contribution in [-0.4, -0.2) is 18.9 Å². The number of aromatic amines is 2. The van der Waals surface area contributed by atoms with Crippen molar-refractivity contribution in [3.63, 3.8) is 0 Å². The largest absolute Gasteiger partial charge is 0.327 e. The molecule has 0 saturated carbocycles. The van der Waals surface area contributed by atoms with Crippen molar-refractivity contribution in [2.75, 3.05) is 0 Å². The summed E-state index contributed by atoms with van der Waals surface area (Å²) in [5.41, 5.74) is -0.435. The Balaban J connectivity index is 2.08. The maximum atomic E-state index is 11.5. The summed E-state index contributed by atoms with van der Waals surface area (Å²) < 4.78 is 2.63. The van der Waals surface area contributed by atoms with Crippen molar-refractivity contribution in [2.45, 2.75) is 4.90 Å². The van der Waals surface area contributed by atoms with Crippen LogP contribution in [0.3, 0.4) is 0 Å². The number of rotatable bonds is 2. The molecule has 1 aromatic carbocycles. The molecule has 3 aromatic rings. The molecule has 0 amide bonds. The highest BCUT2D eigenvalue weighted by Crippen LogP contribution is 2.24. The molecule has 0 unspecified atom stereocenters. The monoisotopic (exact) mass is 338 g/mol. The first kappa shape index (κ1) is 12.2. The molecule has 6 nitrogen and oxygen atoms in total. The zero-order valence-electron chi connectivity index (χ0n) is 9.38. The second kappa shape index (κ2) is 4.71. The molecule has 0 aliphatic carbocycles. The highest BCUT2D eigenvalue weighted by molar-refractivity contribution is 9.10. The van der Waals surface area contributed by atoms with Crippen LogP contribution in [0, 0.1) is 0 Å². The van der Waals surface area contributed by atoms with Crippen LogP contribution in [0.5, 0.6) is 0 Å². The lowest BCUT2D eigenvalue weighted by atomic mass is 10.4. The summed E-state index contributed by atoms with van der Waals surface area (Å²) in [4.78, 5) is 32.5. The van der Waals surface area contributed by atoms with Gasteiger partial charge in [0.05, 0.1) is 0 Å². The number of hydrogen-bond acceptors (Lipinski definition) is 4. The van der Waals surface area contributed by atoms with Gasteiger partial charge < -0.3 is 0 Å². The van der Waals surface area contributed by atoms with Crippen LogP contribution in [0.15, 0.2) is 49.6 Å². The van der Waals surface area contributed by atoms with E-state index >= 15 is 0 Å². The smallest absolute Gasteiger partial charge is 0.291 e. The Kier molecular flexibility index (Phi) is 3.03. The SMILES string of the molecule is O=c1[nH]c(=O)c2ncn(Sc3ccc(Br)cc3)c2[nH]1. The van der Waals surface area contributed by atoms with Crippen molar-refractivity contribution in [3.8, 4) is 0 Å². The van der Waals surface area contributed by atoms with E-state index in [0.717, 1.165) is 9.37 Å². The Labute approximate surface area is 119 Å². The van der Waals surface area contributed by atoms with Gasteiger partial charge >= 0.3 is 5.69 Å². The van der Waals surface area contributed by atoms with Crippen molar-refractivity contribution >= 4 is 39.0 Å². The molecule has 0 radical (unpaired) electrons. The van der Waals surface area contributed by atoms with E-state index in [0.29, 0.717) is 5.65 Å². The number of aromatic nitrogens is 4. The summed E-state index contributed by atoms with van der Waals surface area (Å²) >= 11 is 4.72. The molecular formula is C11H7BrN4O2S. The Hall–Kier alpha value is -1.80.